The van der Waals surface area contributed by atoms with E-state index in [0.717, 1.165) is 28.4 Å². The topological polar surface area (TPSA) is 55.4 Å². The minimum Gasteiger partial charge on any atom is -0.452 e. The fraction of sp³-hybridized carbons (Fsp3) is 0.238. The van der Waals surface area contributed by atoms with Crippen LogP contribution in [0.25, 0.3) is 6.08 Å². The molecule has 0 aromatic heterocycles. The number of amides is 1. The number of ether oxygens (including phenoxy) is 1. The van der Waals surface area contributed by atoms with Crippen LogP contribution < -0.4 is 5.32 Å². The highest BCUT2D eigenvalue weighted by molar-refractivity contribution is 9.10. The van der Waals surface area contributed by atoms with Crippen LogP contribution in [0.15, 0.2) is 65.1 Å². The third-order valence-corrected chi connectivity index (χ3v) is 4.27. The van der Waals surface area contributed by atoms with E-state index >= 15 is 0 Å². The van der Waals surface area contributed by atoms with E-state index in [-0.39, 0.29) is 18.6 Å². The number of nitrogens with one attached hydrogen (secondary N) is 1. The highest BCUT2D eigenvalue weighted by atomic mass is 79.9. The van der Waals surface area contributed by atoms with Crippen molar-refractivity contribution in [1.29, 1.82) is 0 Å². The Balaban J connectivity index is 1.83. The lowest BCUT2D eigenvalue weighted by molar-refractivity contribution is -0.144. The number of carbonyl (C=O) groups excluding carboxylic acids is 2. The summed E-state index contributed by atoms with van der Waals surface area (Å²) in [6, 6.07) is 17.2. The van der Waals surface area contributed by atoms with E-state index in [1.54, 1.807) is 6.08 Å². The molecule has 5 heteroatoms. The maximum atomic E-state index is 12.1. The minimum atomic E-state index is -0.546. The highest BCUT2D eigenvalue weighted by Crippen LogP contribution is 2.17. The number of hydrogen-bond acceptors (Lipinski definition) is 3. The third kappa shape index (κ3) is 6.84. The van der Waals surface area contributed by atoms with Gasteiger partial charge in [0.05, 0.1) is 6.04 Å². The summed E-state index contributed by atoms with van der Waals surface area (Å²) in [5.41, 5.74) is 1.92. The van der Waals surface area contributed by atoms with Gasteiger partial charge in [-0.15, -0.1) is 0 Å². The summed E-state index contributed by atoms with van der Waals surface area (Å²) in [7, 11) is 0. The van der Waals surface area contributed by atoms with Gasteiger partial charge in [-0.25, -0.2) is 4.79 Å². The van der Waals surface area contributed by atoms with Crippen molar-refractivity contribution < 1.29 is 14.3 Å². The number of carbonyl (C=O) groups is 2. The molecule has 0 fully saturated rings. The fourth-order valence-electron chi connectivity index (χ4n) is 2.46. The molecule has 0 heterocycles. The Morgan fingerprint density at radius 1 is 1.12 bits per heavy atom. The second-order valence-electron chi connectivity index (χ2n) is 5.81. The van der Waals surface area contributed by atoms with E-state index in [0.29, 0.717) is 0 Å². The molecule has 136 valence electrons. The van der Waals surface area contributed by atoms with E-state index in [9.17, 15) is 9.59 Å². The smallest absolute Gasteiger partial charge is 0.331 e. The average Bonchev–Trinajstić information content (AvgIpc) is 2.66. The summed E-state index contributed by atoms with van der Waals surface area (Å²) < 4.78 is 5.98. The molecule has 0 saturated heterocycles. The molecule has 0 saturated carbocycles. The predicted octanol–water partition coefficient (Wildman–Crippen LogP) is 4.66. The summed E-state index contributed by atoms with van der Waals surface area (Å²) >= 11 is 3.35. The van der Waals surface area contributed by atoms with Gasteiger partial charge in [0.15, 0.2) is 6.61 Å². The molecule has 1 N–H and O–H groups in total. The quantitative estimate of drug-likeness (QED) is 0.503. The van der Waals surface area contributed by atoms with Gasteiger partial charge in [0.2, 0.25) is 0 Å². The minimum absolute atomic E-state index is 0.0780. The second kappa shape index (κ2) is 10.6. The molecule has 1 atom stereocenters. The summed E-state index contributed by atoms with van der Waals surface area (Å²) in [6.45, 7) is 1.77. The van der Waals surface area contributed by atoms with Crippen LogP contribution in [0.3, 0.4) is 0 Å². The Hall–Kier alpha value is -2.40. The van der Waals surface area contributed by atoms with Crippen LogP contribution in [-0.4, -0.2) is 18.5 Å². The van der Waals surface area contributed by atoms with Gasteiger partial charge < -0.3 is 10.1 Å². The van der Waals surface area contributed by atoms with Crippen LogP contribution in [0.2, 0.25) is 0 Å². The van der Waals surface area contributed by atoms with E-state index < -0.39 is 5.97 Å². The normalized spacial score (nSPS) is 11.9. The summed E-state index contributed by atoms with van der Waals surface area (Å²) in [5.74, 6) is -0.854. The zero-order valence-electron chi connectivity index (χ0n) is 14.7. The summed E-state index contributed by atoms with van der Waals surface area (Å²) in [4.78, 5) is 23.9. The molecule has 0 spiro atoms. The van der Waals surface area contributed by atoms with Gasteiger partial charge in [0.1, 0.15) is 0 Å². The van der Waals surface area contributed by atoms with Crippen molar-refractivity contribution in [1.82, 2.24) is 5.32 Å². The zero-order chi connectivity index (χ0) is 18.8. The molecule has 26 heavy (non-hydrogen) atoms. The Morgan fingerprint density at radius 3 is 2.46 bits per heavy atom. The van der Waals surface area contributed by atoms with E-state index in [1.165, 1.54) is 6.08 Å². The molecule has 0 bridgehead atoms. The first kappa shape index (κ1) is 19.9. The van der Waals surface area contributed by atoms with Crippen molar-refractivity contribution in [3.05, 3.63) is 76.3 Å². The standard InChI is InChI=1S/C21H22BrNO3/c1-2-6-19(17-7-4-3-5-8-17)23-20(24)15-26-21(25)14-11-16-9-12-18(22)13-10-16/h3-5,7-14,19H,2,6,15H2,1H3,(H,23,24)/b14-11+/t19-/m0/s1. The van der Waals surface area contributed by atoms with E-state index in [4.69, 9.17) is 4.74 Å². The lowest BCUT2D eigenvalue weighted by atomic mass is 10.0. The van der Waals surface area contributed by atoms with Crippen LogP contribution in [0.5, 0.6) is 0 Å². The van der Waals surface area contributed by atoms with Crippen molar-refractivity contribution in [2.45, 2.75) is 25.8 Å². The molecule has 2 rings (SSSR count). The Kier molecular flexibility index (Phi) is 8.09. The Labute approximate surface area is 162 Å². The van der Waals surface area contributed by atoms with Gasteiger partial charge in [-0.2, -0.15) is 0 Å². The molecule has 2 aromatic rings. The van der Waals surface area contributed by atoms with Gasteiger partial charge in [-0.1, -0.05) is 71.7 Å². The van der Waals surface area contributed by atoms with E-state index in [2.05, 4.69) is 28.2 Å². The first-order chi connectivity index (χ1) is 12.6. The van der Waals surface area contributed by atoms with Crippen LogP contribution in [0, 0.1) is 0 Å². The van der Waals surface area contributed by atoms with Gasteiger partial charge >= 0.3 is 5.97 Å². The molecule has 0 unspecified atom stereocenters. The molecule has 4 nitrogen and oxygen atoms in total. The monoisotopic (exact) mass is 415 g/mol. The number of hydrogen-bond donors (Lipinski definition) is 1. The molecule has 0 aliphatic carbocycles. The van der Waals surface area contributed by atoms with Crippen LogP contribution in [0.4, 0.5) is 0 Å². The molecule has 1 amide bonds. The first-order valence-electron chi connectivity index (χ1n) is 8.53. The fourth-order valence-corrected chi connectivity index (χ4v) is 2.72. The summed E-state index contributed by atoms with van der Waals surface area (Å²) in [6.07, 6.45) is 4.73. The average molecular weight is 416 g/mol. The van der Waals surface area contributed by atoms with Crippen molar-refractivity contribution in [2.24, 2.45) is 0 Å². The molecule has 2 aromatic carbocycles. The zero-order valence-corrected chi connectivity index (χ0v) is 16.2. The highest BCUT2D eigenvalue weighted by Gasteiger charge is 2.14. The second-order valence-corrected chi connectivity index (χ2v) is 6.73. The molecule has 0 radical (unpaired) electrons. The SMILES string of the molecule is CCC[C@H](NC(=O)COC(=O)/C=C/c1ccc(Br)cc1)c1ccccc1. The van der Waals surface area contributed by atoms with Gasteiger partial charge in [-0.05, 0) is 35.8 Å². The number of rotatable bonds is 8. The molecule has 0 aliphatic heterocycles. The number of esters is 1. The van der Waals surface area contributed by atoms with Crippen LogP contribution >= 0.6 is 15.9 Å². The van der Waals surface area contributed by atoms with Gasteiger partial charge in [-0.3, -0.25) is 4.79 Å². The van der Waals surface area contributed by atoms with Gasteiger partial charge in [0, 0.05) is 10.5 Å². The maximum Gasteiger partial charge on any atom is 0.331 e. The van der Waals surface area contributed by atoms with Crippen molar-refractivity contribution in [3.63, 3.8) is 0 Å². The largest absolute Gasteiger partial charge is 0.452 e. The summed E-state index contributed by atoms with van der Waals surface area (Å²) in [5, 5.41) is 2.92. The van der Waals surface area contributed by atoms with Crippen molar-refractivity contribution in [3.8, 4) is 0 Å². The van der Waals surface area contributed by atoms with E-state index in [1.807, 2.05) is 54.6 Å². The number of benzene rings is 2. The Morgan fingerprint density at radius 2 is 1.81 bits per heavy atom. The molecule has 0 aliphatic rings. The lowest BCUT2D eigenvalue weighted by Crippen LogP contribution is -2.32. The third-order valence-electron chi connectivity index (χ3n) is 3.74. The Bertz CT molecular complexity index is 742. The van der Waals surface area contributed by atoms with Crippen LogP contribution in [0.1, 0.15) is 36.9 Å². The maximum absolute atomic E-state index is 12.1. The van der Waals surface area contributed by atoms with Crippen molar-refractivity contribution in [2.75, 3.05) is 6.61 Å². The number of halogens is 1. The van der Waals surface area contributed by atoms with Crippen molar-refractivity contribution >= 4 is 33.9 Å². The lowest BCUT2D eigenvalue weighted by Gasteiger charge is -2.18. The molecular formula is C21H22BrNO3. The molecular weight excluding hydrogens is 394 g/mol. The van der Waals surface area contributed by atoms with Gasteiger partial charge in [0.25, 0.3) is 5.91 Å². The predicted molar refractivity (Wildman–Crippen MR) is 106 cm³/mol. The first-order valence-corrected chi connectivity index (χ1v) is 9.32. The van der Waals surface area contributed by atoms with Crippen LogP contribution in [-0.2, 0) is 14.3 Å².